The summed E-state index contributed by atoms with van der Waals surface area (Å²) in [6, 6.07) is 10.3. The molecule has 2 rings (SSSR count). The Morgan fingerprint density at radius 3 is 2.33 bits per heavy atom. The van der Waals surface area contributed by atoms with E-state index in [-0.39, 0.29) is 21.2 Å². The SMILES string of the molecule is NC(=O)c1cc(NS(=O)(=O)c2ccc(Br)cc2)ccc1Cl. The van der Waals surface area contributed by atoms with Crippen LogP contribution in [-0.2, 0) is 10.0 Å². The van der Waals surface area contributed by atoms with Gasteiger partial charge in [0.15, 0.2) is 0 Å². The standard InChI is InChI=1S/C13H10BrClN2O3S/c14-8-1-4-10(5-2-8)21(19,20)17-9-3-6-12(15)11(7-9)13(16)18/h1-7,17H,(H2,16,18). The van der Waals surface area contributed by atoms with Crippen LogP contribution in [0.25, 0.3) is 0 Å². The van der Waals surface area contributed by atoms with E-state index in [0.29, 0.717) is 0 Å². The van der Waals surface area contributed by atoms with E-state index in [9.17, 15) is 13.2 Å². The van der Waals surface area contributed by atoms with Crippen LogP contribution < -0.4 is 10.5 Å². The molecule has 0 spiro atoms. The van der Waals surface area contributed by atoms with Crippen molar-refractivity contribution in [2.45, 2.75) is 4.90 Å². The average molecular weight is 390 g/mol. The summed E-state index contributed by atoms with van der Waals surface area (Å²) >= 11 is 9.04. The summed E-state index contributed by atoms with van der Waals surface area (Å²) in [5.74, 6) is -0.732. The summed E-state index contributed by atoms with van der Waals surface area (Å²) in [4.78, 5) is 11.3. The lowest BCUT2D eigenvalue weighted by atomic mass is 10.2. The van der Waals surface area contributed by atoms with E-state index in [1.807, 2.05) is 0 Å². The number of amides is 1. The maximum atomic E-state index is 12.2. The molecule has 0 aliphatic heterocycles. The third-order valence-electron chi connectivity index (χ3n) is 2.61. The molecule has 0 aromatic heterocycles. The molecular weight excluding hydrogens is 380 g/mol. The number of carbonyl (C=O) groups excluding carboxylic acids is 1. The first kappa shape index (κ1) is 15.8. The van der Waals surface area contributed by atoms with Crippen LogP contribution in [0.2, 0.25) is 5.02 Å². The maximum Gasteiger partial charge on any atom is 0.261 e. The second kappa shape index (κ2) is 6.05. The lowest BCUT2D eigenvalue weighted by Crippen LogP contribution is -2.15. The van der Waals surface area contributed by atoms with Crippen LogP contribution in [0.5, 0.6) is 0 Å². The van der Waals surface area contributed by atoms with E-state index in [1.54, 1.807) is 12.1 Å². The molecule has 0 atom stereocenters. The maximum absolute atomic E-state index is 12.2. The molecular formula is C13H10BrClN2O3S. The minimum atomic E-state index is -3.75. The monoisotopic (exact) mass is 388 g/mol. The summed E-state index contributed by atoms with van der Waals surface area (Å²) in [6.07, 6.45) is 0. The second-order valence-electron chi connectivity index (χ2n) is 4.12. The first-order chi connectivity index (χ1) is 9.79. The first-order valence-electron chi connectivity index (χ1n) is 5.67. The number of nitrogens with two attached hydrogens (primary N) is 1. The number of sulfonamides is 1. The third kappa shape index (κ3) is 3.75. The lowest BCUT2D eigenvalue weighted by Gasteiger charge is -2.09. The van der Waals surface area contributed by atoms with Crippen molar-refractivity contribution < 1.29 is 13.2 Å². The van der Waals surface area contributed by atoms with Gasteiger partial charge in [0.25, 0.3) is 10.0 Å². The van der Waals surface area contributed by atoms with Crippen molar-refractivity contribution in [3.05, 3.63) is 57.5 Å². The summed E-state index contributed by atoms with van der Waals surface area (Å²) in [6.45, 7) is 0. The summed E-state index contributed by atoms with van der Waals surface area (Å²) in [5.41, 5.74) is 5.42. The van der Waals surface area contributed by atoms with Gasteiger partial charge < -0.3 is 5.73 Å². The van der Waals surface area contributed by atoms with Gasteiger partial charge in [-0.25, -0.2) is 8.42 Å². The van der Waals surface area contributed by atoms with Gasteiger partial charge in [-0.3, -0.25) is 9.52 Å². The normalized spacial score (nSPS) is 11.1. The molecule has 0 saturated carbocycles. The molecule has 0 radical (unpaired) electrons. The van der Waals surface area contributed by atoms with E-state index in [0.717, 1.165) is 4.47 Å². The minimum absolute atomic E-state index is 0.0488. The summed E-state index contributed by atoms with van der Waals surface area (Å²) in [5, 5.41) is 0.161. The van der Waals surface area contributed by atoms with Crippen molar-refractivity contribution in [1.29, 1.82) is 0 Å². The Labute approximate surface area is 135 Å². The van der Waals surface area contributed by atoms with Gasteiger partial charge in [0, 0.05) is 10.2 Å². The lowest BCUT2D eigenvalue weighted by molar-refractivity contribution is 0.100. The van der Waals surface area contributed by atoms with E-state index in [1.165, 1.54) is 30.3 Å². The first-order valence-corrected chi connectivity index (χ1v) is 8.33. The summed E-state index contributed by atoms with van der Waals surface area (Å²) < 4.78 is 27.5. The predicted molar refractivity (Wildman–Crippen MR) is 84.9 cm³/mol. The van der Waals surface area contributed by atoms with Gasteiger partial charge in [-0.05, 0) is 42.5 Å². The van der Waals surface area contributed by atoms with Crippen LogP contribution in [-0.4, -0.2) is 14.3 Å². The van der Waals surface area contributed by atoms with E-state index >= 15 is 0 Å². The quantitative estimate of drug-likeness (QED) is 0.842. The van der Waals surface area contributed by atoms with Gasteiger partial charge >= 0.3 is 0 Å². The van der Waals surface area contributed by atoms with Gasteiger partial charge in [-0.15, -0.1) is 0 Å². The average Bonchev–Trinajstić information content (AvgIpc) is 2.41. The van der Waals surface area contributed by atoms with Crippen LogP contribution in [0.15, 0.2) is 51.8 Å². The van der Waals surface area contributed by atoms with Gasteiger partial charge in [-0.2, -0.15) is 0 Å². The topological polar surface area (TPSA) is 89.3 Å². The third-order valence-corrected chi connectivity index (χ3v) is 4.86. The highest BCUT2D eigenvalue weighted by Gasteiger charge is 2.15. The molecule has 0 bridgehead atoms. The number of benzene rings is 2. The molecule has 0 aliphatic rings. The predicted octanol–water partition coefficient (Wildman–Crippen LogP) is 3.00. The number of primary amides is 1. The fourth-order valence-electron chi connectivity index (χ4n) is 1.61. The van der Waals surface area contributed by atoms with Crippen molar-refractivity contribution in [1.82, 2.24) is 0 Å². The zero-order valence-electron chi connectivity index (χ0n) is 10.5. The molecule has 1 amide bonds. The van der Waals surface area contributed by atoms with E-state index in [4.69, 9.17) is 17.3 Å². The van der Waals surface area contributed by atoms with Gasteiger partial charge in [0.1, 0.15) is 0 Å². The van der Waals surface area contributed by atoms with Crippen molar-refractivity contribution >= 4 is 49.1 Å². The van der Waals surface area contributed by atoms with E-state index < -0.39 is 15.9 Å². The number of carbonyl (C=O) groups is 1. The second-order valence-corrected chi connectivity index (χ2v) is 7.12. The van der Waals surface area contributed by atoms with Gasteiger partial charge in [-0.1, -0.05) is 27.5 Å². The Morgan fingerprint density at radius 1 is 1.14 bits per heavy atom. The number of hydrogen-bond donors (Lipinski definition) is 2. The largest absolute Gasteiger partial charge is 0.366 e. The Morgan fingerprint density at radius 2 is 1.76 bits per heavy atom. The number of hydrogen-bond acceptors (Lipinski definition) is 3. The fourth-order valence-corrected chi connectivity index (χ4v) is 3.13. The molecule has 2 aromatic rings. The Balaban J connectivity index is 2.35. The van der Waals surface area contributed by atoms with Crippen LogP contribution in [0, 0.1) is 0 Å². The molecule has 8 heteroatoms. The van der Waals surface area contributed by atoms with Crippen molar-refractivity contribution in [3.8, 4) is 0 Å². The van der Waals surface area contributed by atoms with Crippen molar-refractivity contribution in [2.24, 2.45) is 5.73 Å². The highest BCUT2D eigenvalue weighted by molar-refractivity contribution is 9.10. The molecule has 5 nitrogen and oxygen atoms in total. The van der Waals surface area contributed by atoms with E-state index in [2.05, 4.69) is 20.7 Å². The van der Waals surface area contributed by atoms with Crippen molar-refractivity contribution in [3.63, 3.8) is 0 Å². The number of rotatable bonds is 4. The Bertz CT molecular complexity index is 792. The van der Waals surface area contributed by atoms with Gasteiger partial charge in [0.2, 0.25) is 5.91 Å². The zero-order valence-corrected chi connectivity index (χ0v) is 13.7. The molecule has 110 valence electrons. The molecule has 0 heterocycles. The molecule has 0 saturated heterocycles. The number of halogens is 2. The Kier molecular flexibility index (Phi) is 4.55. The summed E-state index contributed by atoms with van der Waals surface area (Å²) in [7, 11) is -3.75. The van der Waals surface area contributed by atoms with Gasteiger partial charge in [0.05, 0.1) is 15.5 Å². The molecule has 0 fully saturated rings. The van der Waals surface area contributed by atoms with Crippen LogP contribution in [0.4, 0.5) is 5.69 Å². The highest BCUT2D eigenvalue weighted by atomic mass is 79.9. The van der Waals surface area contributed by atoms with Crippen LogP contribution in [0.3, 0.4) is 0 Å². The number of nitrogens with one attached hydrogen (secondary N) is 1. The van der Waals surface area contributed by atoms with Crippen molar-refractivity contribution in [2.75, 3.05) is 4.72 Å². The molecule has 0 unspecified atom stereocenters. The molecule has 3 N–H and O–H groups in total. The minimum Gasteiger partial charge on any atom is -0.366 e. The molecule has 2 aromatic carbocycles. The zero-order chi connectivity index (χ0) is 15.6. The van der Waals surface area contributed by atoms with Crippen LogP contribution in [0.1, 0.15) is 10.4 Å². The van der Waals surface area contributed by atoms with Crippen LogP contribution >= 0.6 is 27.5 Å². The smallest absolute Gasteiger partial charge is 0.261 e. The fraction of sp³-hybridized carbons (Fsp3) is 0. The molecule has 0 aliphatic carbocycles. The molecule has 21 heavy (non-hydrogen) atoms. The number of anilines is 1. The Hall–Kier alpha value is -1.57. The highest BCUT2D eigenvalue weighted by Crippen LogP contribution is 2.23.